The van der Waals surface area contributed by atoms with Crippen LogP contribution in [0.25, 0.3) is 6.08 Å². The molecular weight excluding hydrogens is 249 g/mol. The molecule has 0 saturated carbocycles. The minimum Gasteiger partial charge on any atom is -0.400 e. The number of hydrogen-bond donors (Lipinski definition) is 1. The Morgan fingerprint density at radius 2 is 1.94 bits per heavy atom. The monoisotopic (exact) mass is 267 g/mol. The van der Waals surface area contributed by atoms with E-state index >= 15 is 0 Å². The molecule has 0 atom stereocenters. The van der Waals surface area contributed by atoms with E-state index < -0.39 is 0 Å². The molecule has 1 aromatic rings. The van der Waals surface area contributed by atoms with E-state index in [1.54, 1.807) is 12.5 Å². The van der Waals surface area contributed by atoms with Gasteiger partial charge in [0.2, 0.25) is 0 Å². The second kappa shape index (κ2) is 4.76. The first-order valence-electron chi connectivity index (χ1n) is 5.92. The van der Waals surface area contributed by atoms with Crippen molar-refractivity contribution in [3.63, 3.8) is 0 Å². The van der Waals surface area contributed by atoms with Gasteiger partial charge in [-0.3, -0.25) is 0 Å². The summed E-state index contributed by atoms with van der Waals surface area (Å²) in [4.78, 5) is 0. The zero-order chi connectivity index (χ0) is 13.4. The van der Waals surface area contributed by atoms with Gasteiger partial charge < -0.3 is 13.8 Å². The predicted octanol–water partition coefficient (Wildman–Crippen LogP) is 2.62. The van der Waals surface area contributed by atoms with E-state index in [2.05, 4.69) is 17.8 Å². The molecule has 6 heteroatoms. The molecule has 0 N–H and O–H groups in total. The highest BCUT2D eigenvalue weighted by Crippen LogP contribution is 2.38. The van der Waals surface area contributed by atoms with Crippen LogP contribution in [0.3, 0.4) is 0 Å². The molecule has 18 heavy (non-hydrogen) atoms. The minimum atomic E-state index is -0.373. The second-order valence-electron chi connectivity index (χ2n) is 5.42. The van der Waals surface area contributed by atoms with Gasteiger partial charge in [0.25, 0.3) is 0 Å². The average Bonchev–Trinajstić information content (AvgIpc) is 2.82. The third-order valence-corrected chi connectivity index (χ3v) is 3.91. The molecule has 2 heterocycles. The van der Waals surface area contributed by atoms with Gasteiger partial charge in [0, 0.05) is 11.3 Å². The van der Waals surface area contributed by atoms with Gasteiger partial charge in [-0.15, -0.1) is 0 Å². The topological polar surface area (TPSA) is 44.5 Å². The van der Waals surface area contributed by atoms with Gasteiger partial charge in [0.1, 0.15) is 6.26 Å². The fraction of sp³-hybridized carbons (Fsp3) is 0.583. The summed E-state index contributed by atoms with van der Waals surface area (Å²) in [7, 11) is -0.373. The summed E-state index contributed by atoms with van der Waals surface area (Å²) in [5, 5.41) is 3.67. The van der Waals surface area contributed by atoms with Crippen molar-refractivity contribution < 1.29 is 13.8 Å². The van der Waals surface area contributed by atoms with Crippen molar-refractivity contribution in [2.75, 3.05) is 5.75 Å². The highest BCUT2D eigenvalue weighted by atomic mass is 32.1. The van der Waals surface area contributed by atoms with Gasteiger partial charge >= 0.3 is 7.12 Å². The zero-order valence-corrected chi connectivity index (χ0v) is 12.0. The molecule has 1 aromatic heterocycles. The summed E-state index contributed by atoms with van der Waals surface area (Å²) in [5.41, 5.74) is 1.16. The van der Waals surface area contributed by atoms with Crippen molar-refractivity contribution in [1.29, 1.82) is 0 Å². The average molecular weight is 267 g/mol. The highest BCUT2D eigenvalue weighted by molar-refractivity contribution is 7.80. The molecule has 0 amide bonds. The Kier molecular flexibility index (Phi) is 3.62. The summed E-state index contributed by atoms with van der Waals surface area (Å²) >= 11 is 4.34. The number of thiol groups is 1. The van der Waals surface area contributed by atoms with Crippen LogP contribution in [0.1, 0.15) is 33.3 Å². The molecule has 0 aromatic carbocycles. The Labute approximate surface area is 113 Å². The Bertz CT molecular complexity index is 426. The van der Waals surface area contributed by atoms with Crippen LogP contribution in [0.15, 0.2) is 22.5 Å². The van der Waals surface area contributed by atoms with Crippen molar-refractivity contribution in [3.05, 3.63) is 23.5 Å². The van der Waals surface area contributed by atoms with Crippen LogP contribution in [0, 0.1) is 0 Å². The highest BCUT2D eigenvalue weighted by Gasteiger charge is 2.52. The van der Waals surface area contributed by atoms with E-state index in [9.17, 15) is 0 Å². The fourth-order valence-electron chi connectivity index (χ4n) is 1.68. The molecule has 0 unspecified atom stereocenters. The number of rotatable bonds is 3. The Hall–Kier alpha value is -0.715. The molecule has 0 bridgehead atoms. The molecule has 98 valence electrons. The SMILES string of the molecule is CC1(C)OB(C(=Cc2cnoc2)CS)OC1(C)C. The van der Waals surface area contributed by atoms with Crippen molar-refractivity contribution in [1.82, 2.24) is 5.16 Å². The van der Waals surface area contributed by atoms with Crippen LogP contribution in [0.5, 0.6) is 0 Å². The van der Waals surface area contributed by atoms with Crippen LogP contribution in [-0.4, -0.2) is 29.2 Å². The van der Waals surface area contributed by atoms with E-state index in [1.807, 2.05) is 33.8 Å². The van der Waals surface area contributed by atoms with Crippen molar-refractivity contribution in [2.45, 2.75) is 38.9 Å². The molecule has 2 rings (SSSR count). The van der Waals surface area contributed by atoms with Crippen LogP contribution in [0.4, 0.5) is 0 Å². The van der Waals surface area contributed by atoms with Crippen molar-refractivity contribution >= 4 is 25.8 Å². The van der Waals surface area contributed by atoms with Crippen LogP contribution in [-0.2, 0) is 9.31 Å². The largest absolute Gasteiger partial charge is 0.491 e. The second-order valence-corrected chi connectivity index (χ2v) is 5.74. The van der Waals surface area contributed by atoms with Crippen molar-refractivity contribution in [3.8, 4) is 0 Å². The van der Waals surface area contributed by atoms with Gasteiger partial charge in [-0.25, -0.2) is 0 Å². The summed E-state index contributed by atoms with van der Waals surface area (Å²) in [5.74, 6) is 0.558. The maximum absolute atomic E-state index is 5.98. The molecule has 4 nitrogen and oxygen atoms in total. The summed E-state index contributed by atoms with van der Waals surface area (Å²) in [6.45, 7) is 8.12. The van der Waals surface area contributed by atoms with E-state index in [-0.39, 0.29) is 18.3 Å². The standard InChI is InChI=1S/C12H18BNO3S/c1-11(2)12(3,4)17-13(16-11)10(8-18)5-9-6-14-15-7-9/h5-7,18H,8H2,1-4H3. The van der Waals surface area contributed by atoms with Gasteiger partial charge in [-0.05, 0) is 33.2 Å². The predicted molar refractivity (Wildman–Crippen MR) is 74.4 cm³/mol. The molecule has 1 fully saturated rings. The minimum absolute atomic E-state index is 0.339. The summed E-state index contributed by atoms with van der Waals surface area (Å²) in [6.07, 6.45) is 5.16. The van der Waals surface area contributed by atoms with E-state index in [1.165, 1.54) is 0 Å². The Morgan fingerprint density at radius 1 is 1.33 bits per heavy atom. The van der Waals surface area contributed by atoms with Gasteiger partial charge in [0.05, 0.1) is 17.4 Å². The van der Waals surface area contributed by atoms with Gasteiger partial charge in [0.15, 0.2) is 0 Å². The maximum atomic E-state index is 5.98. The zero-order valence-electron chi connectivity index (χ0n) is 11.1. The van der Waals surface area contributed by atoms with Crippen LogP contribution in [0.2, 0.25) is 0 Å². The fourth-order valence-corrected chi connectivity index (χ4v) is 1.92. The molecule has 1 aliphatic rings. The van der Waals surface area contributed by atoms with E-state index in [0.29, 0.717) is 5.75 Å². The Balaban J connectivity index is 2.22. The van der Waals surface area contributed by atoms with Gasteiger partial charge in [-0.2, -0.15) is 12.6 Å². The first-order chi connectivity index (χ1) is 8.36. The number of nitrogens with zero attached hydrogens (tertiary/aromatic N) is 1. The maximum Gasteiger partial charge on any atom is 0.491 e. The summed E-state index contributed by atoms with van der Waals surface area (Å²) < 4.78 is 16.8. The van der Waals surface area contributed by atoms with E-state index in [0.717, 1.165) is 11.0 Å². The molecular formula is C12H18BNO3S. The number of hydrogen-bond acceptors (Lipinski definition) is 5. The van der Waals surface area contributed by atoms with Gasteiger partial charge in [-0.1, -0.05) is 11.2 Å². The first-order valence-corrected chi connectivity index (χ1v) is 6.55. The van der Waals surface area contributed by atoms with Crippen LogP contribution < -0.4 is 0 Å². The molecule has 1 aliphatic heterocycles. The van der Waals surface area contributed by atoms with E-state index in [4.69, 9.17) is 13.8 Å². The third-order valence-electron chi connectivity index (χ3n) is 3.54. The quantitative estimate of drug-likeness (QED) is 0.675. The van der Waals surface area contributed by atoms with Crippen molar-refractivity contribution in [2.24, 2.45) is 0 Å². The third kappa shape index (κ3) is 2.51. The van der Waals surface area contributed by atoms with Crippen LogP contribution >= 0.6 is 12.6 Å². The Morgan fingerprint density at radius 3 is 2.39 bits per heavy atom. The molecule has 0 radical (unpaired) electrons. The molecule has 0 spiro atoms. The first kappa shape index (κ1) is 13.7. The smallest absolute Gasteiger partial charge is 0.400 e. The lowest BCUT2D eigenvalue weighted by atomic mass is 9.78. The summed E-state index contributed by atoms with van der Waals surface area (Å²) in [6, 6.07) is 0. The molecule has 0 aliphatic carbocycles. The number of aromatic nitrogens is 1. The molecule has 1 saturated heterocycles. The normalized spacial score (nSPS) is 22.5. The lowest BCUT2D eigenvalue weighted by Gasteiger charge is -2.32. The lowest BCUT2D eigenvalue weighted by Crippen LogP contribution is -2.41. The lowest BCUT2D eigenvalue weighted by molar-refractivity contribution is 0.00578.